The summed E-state index contributed by atoms with van der Waals surface area (Å²) in [7, 11) is 1.66. The number of hydrogen-bond donors (Lipinski definition) is 2. The number of nitrogens with zero attached hydrogens (tertiary/aromatic N) is 2. The molecular weight excluding hydrogens is 455 g/mol. The van der Waals surface area contributed by atoms with E-state index in [1.54, 1.807) is 7.11 Å². The lowest BCUT2D eigenvalue weighted by atomic mass is 10.2. The highest BCUT2D eigenvalue weighted by molar-refractivity contribution is 14.0. The number of guanidine groups is 1. The lowest BCUT2D eigenvalue weighted by Crippen LogP contribution is -2.38. The molecule has 1 aromatic carbocycles. The van der Waals surface area contributed by atoms with Gasteiger partial charge < -0.3 is 20.1 Å². The maximum atomic E-state index is 5.57. The van der Waals surface area contributed by atoms with Gasteiger partial charge in [0.25, 0.3) is 0 Å². The van der Waals surface area contributed by atoms with Gasteiger partial charge in [-0.05, 0) is 36.8 Å². The summed E-state index contributed by atoms with van der Waals surface area (Å²) in [5, 5.41) is 6.61. The van der Waals surface area contributed by atoms with Crippen molar-refractivity contribution in [3.05, 3.63) is 59.9 Å². The van der Waals surface area contributed by atoms with Crippen molar-refractivity contribution >= 4 is 29.9 Å². The molecule has 0 aliphatic rings. The van der Waals surface area contributed by atoms with Gasteiger partial charge in [-0.15, -0.1) is 24.0 Å². The van der Waals surface area contributed by atoms with Gasteiger partial charge >= 0.3 is 0 Å². The van der Waals surface area contributed by atoms with Gasteiger partial charge in [-0.2, -0.15) is 0 Å². The maximum absolute atomic E-state index is 5.57. The molecule has 2 aromatic rings. The predicted molar refractivity (Wildman–Crippen MR) is 120 cm³/mol. The van der Waals surface area contributed by atoms with Crippen LogP contribution in [0.3, 0.4) is 0 Å². The second-order valence-corrected chi connectivity index (χ2v) is 5.68. The molecule has 6 nitrogen and oxygen atoms in total. The van der Waals surface area contributed by atoms with Gasteiger partial charge in [-0.1, -0.05) is 18.2 Å². The normalized spacial score (nSPS) is 10.8. The third kappa shape index (κ3) is 9.58. The van der Waals surface area contributed by atoms with Crippen LogP contribution in [0.5, 0.6) is 5.75 Å². The summed E-state index contributed by atoms with van der Waals surface area (Å²) in [5.41, 5.74) is 2.20. The van der Waals surface area contributed by atoms with E-state index in [1.165, 1.54) is 0 Å². The quantitative estimate of drug-likeness (QED) is 0.235. The molecule has 0 saturated heterocycles. The highest BCUT2D eigenvalue weighted by Crippen LogP contribution is 2.12. The Kier molecular flexibility index (Phi) is 12.2. The first kappa shape index (κ1) is 23.2. The SMILES string of the molecule is CCNC(=NCc1ccc(OCCOC)cc1)NCCc1ccccn1.I. The third-order valence-electron chi connectivity index (χ3n) is 3.64. The fraction of sp³-hybridized carbons (Fsp3) is 0.400. The van der Waals surface area contributed by atoms with E-state index in [1.807, 2.05) is 48.7 Å². The van der Waals surface area contributed by atoms with Crippen LogP contribution in [0.15, 0.2) is 53.7 Å². The molecule has 148 valence electrons. The van der Waals surface area contributed by atoms with Gasteiger partial charge in [0.2, 0.25) is 0 Å². The van der Waals surface area contributed by atoms with E-state index in [2.05, 4.69) is 27.5 Å². The Morgan fingerprint density at radius 3 is 2.56 bits per heavy atom. The van der Waals surface area contributed by atoms with Crippen LogP contribution >= 0.6 is 24.0 Å². The number of methoxy groups -OCH3 is 1. The van der Waals surface area contributed by atoms with Crippen molar-refractivity contribution in [3.8, 4) is 5.75 Å². The van der Waals surface area contributed by atoms with Crippen molar-refractivity contribution in [2.45, 2.75) is 19.9 Å². The summed E-state index contributed by atoms with van der Waals surface area (Å²) >= 11 is 0. The zero-order chi connectivity index (χ0) is 18.5. The molecule has 2 rings (SSSR count). The van der Waals surface area contributed by atoms with Gasteiger partial charge in [0.15, 0.2) is 5.96 Å². The molecule has 0 spiro atoms. The zero-order valence-corrected chi connectivity index (χ0v) is 18.3. The number of aromatic nitrogens is 1. The maximum Gasteiger partial charge on any atom is 0.191 e. The second-order valence-electron chi connectivity index (χ2n) is 5.68. The average Bonchev–Trinajstić information content (AvgIpc) is 2.68. The lowest BCUT2D eigenvalue weighted by Gasteiger charge is -2.11. The Morgan fingerprint density at radius 1 is 1.07 bits per heavy atom. The standard InChI is InChI=1S/C20H28N4O2.HI/c1-3-21-20(23-13-11-18-6-4-5-12-22-18)24-16-17-7-9-19(10-8-17)26-15-14-25-2;/h4-10,12H,3,11,13-16H2,1-2H3,(H2,21,23,24);1H. The molecule has 0 bridgehead atoms. The second kappa shape index (κ2) is 14.2. The minimum Gasteiger partial charge on any atom is -0.491 e. The number of aliphatic imine (C=N–C) groups is 1. The van der Waals surface area contributed by atoms with Crippen molar-refractivity contribution < 1.29 is 9.47 Å². The van der Waals surface area contributed by atoms with E-state index in [0.717, 1.165) is 42.5 Å². The molecule has 0 radical (unpaired) electrons. The summed E-state index contributed by atoms with van der Waals surface area (Å²) in [5.74, 6) is 1.65. The van der Waals surface area contributed by atoms with Crippen LogP contribution in [-0.4, -0.2) is 44.4 Å². The number of pyridine rings is 1. The van der Waals surface area contributed by atoms with Crippen molar-refractivity contribution in [1.82, 2.24) is 15.6 Å². The number of rotatable bonds is 10. The number of halogens is 1. The lowest BCUT2D eigenvalue weighted by molar-refractivity contribution is 0.146. The third-order valence-corrected chi connectivity index (χ3v) is 3.64. The Bertz CT molecular complexity index is 651. The van der Waals surface area contributed by atoms with Gasteiger partial charge in [-0.3, -0.25) is 4.98 Å². The molecule has 0 saturated carbocycles. The first-order valence-electron chi connectivity index (χ1n) is 8.94. The summed E-state index contributed by atoms with van der Waals surface area (Å²) in [4.78, 5) is 8.96. The van der Waals surface area contributed by atoms with E-state index in [0.29, 0.717) is 19.8 Å². The molecular formula is C20H29IN4O2. The minimum absolute atomic E-state index is 0. The molecule has 7 heteroatoms. The number of ether oxygens (including phenoxy) is 2. The van der Waals surface area contributed by atoms with E-state index >= 15 is 0 Å². The first-order chi connectivity index (χ1) is 12.8. The van der Waals surface area contributed by atoms with Crippen LogP contribution in [0.2, 0.25) is 0 Å². The van der Waals surface area contributed by atoms with Crippen molar-refractivity contribution in [3.63, 3.8) is 0 Å². The van der Waals surface area contributed by atoms with Crippen LogP contribution in [-0.2, 0) is 17.7 Å². The van der Waals surface area contributed by atoms with E-state index in [-0.39, 0.29) is 24.0 Å². The van der Waals surface area contributed by atoms with Gasteiger partial charge in [0, 0.05) is 38.5 Å². The monoisotopic (exact) mass is 484 g/mol. The minimum atomic E-state index is 0. The molecule has 2 N–H and O–H groups in total. The van der Waals surface area contributed by atoms with Crippen molar-refractivity contribution in [2.75, 3.05) is 33.4 Å². The molecule has 0 atom stereocenters. The van der Waals surface area contributed by atoms with Crippen LogP contribution in [0, 0.1) is 0 Å². The summed E-state index contributed by atoms with van der Waals surface area (Å²) in [6.45, 7) is 5.41. The Hall–Kier alpha value is -1.87. The Morgan fingerprint density at radius 2 is 1.89 bits per heavy atom. The fourth-order valence-electron chi connectivity index (χ4n) is 2.30. The molecule has 0 amide bonds. The molecule has 0 fully saturated rings. The van der Waals surface area contributed by atoms with Gasteiger partial charge in [0.1, 0.15) is 12.4 Å². The molecule has 0 aliphatic carbocycles. The Labute approximate surface area is 178 Å². The zero-order valence-electron chi connectivity index (χ0n) is 16.0. The van der Waals surface area contributed by atoms with Crippen LogP contribution in [0.25, 0.3) is 0 Å². The van der Waals surface area contributed by atoms with E-state index in [4.69, 9.17) is 9.47 Å². The summed E-state index contributed by atoms with van der Waals surface area (Å²) in [6, 6.07) is 13.9. The first-order valence-corrected chi connectivity index (χ1v) is 8.94. The van der Waals surface area contributed by atoms with Gasteiger partial charge in [-0.25, -0.2) is 4.99 Å². The number of hydrogen-bond acceptors (Lipinski definition) is 4. The topological polar surface area (TPSA) is 67.8 Å². The number of benzene rings is 1. The van der Waals surface area contributed by atoms with Crippen molar-refractivity contribution in [2.24, 2.45) is 4.99 Å². The van der Waals surface area contributed by atoms with Crippen molar-refractivity contribution in [1.29, 1.82) is 0 Å². The molecule has 0 unspecified atom stereocenters. The van der Waals surface area contributed by atoms with Crippen LogP contribution in [0.4, 0.5) is 0 Å². The molecule has 1 heterocycles. The predicted octanol–water partition coefficient (Wildman–Crippen LogP) is 3.02. The smallest absolute Gasteiger partial charge is 0.191 e. The van der Waals surface area contributed by atoms with Gasteiger partial charge in [0.05, 0.1) is 13.2 Å². The van der Waals surface area contributed by atoms with Crippen LogP contribution < -0.4 is 15.4 Å². The number of nitrogens with one attached hydrogen (secondary N) is 2. The molecule has 1 aromatic heterocycles. The highest BCUT2D eigenvalue weighted by Gasteiger charge is 2.00. The summed E-state index contributed by atoms with van der Waals surface area (Å²) < 4.78 is 10.5. The van der Waals surface area contributed by atoms with Crippen LogP contribution in [0.1, 0.15) is 18.2 Å². The Balaban J connectivity index is 0.00000364. The molecule has 0 aliphatic heterocycles. The fourth-order valence-corrected chi connectivity index (χ4v) is 2.30. The van der Waals surface area contributed by atoms with E-state index in [9.17, 15) is 0 Å². The highest BCUT2D eigenvalue weighted by atomic mass is 127. The summed E-state index contributed by atoms with van der Waals surface area (Å²) in [6.07, 6.45) is 2.68. The largest absolute Gasteiger partial charge is 0.491 e. The molecule has 27 heavy (non-hydrogen) atoms. The average molecular weight is 484 g/mol. The van der Waals surface area contributed by atoms with E-state index < -0.39 is 0 Å².